The summed E-state index contributed by atoms with van der Waals surface area (Å²) in [5.74, 6) is -0.211. The van der Waals surface area contributed by atoms with E-state index in [4.69, 9.17) is 4.98 Å². The summed E-state index contributed by atoms with van der Waals surface area (Å²) < 4.78 is 1.05. The maximum Gasteiger partial charge on any atom is 0.270 e. The molecule has 0 N–H and O–H groups in total. The number of benzene rings is 2. The highest BCUT2D eigenvalue weighted by atomic mass is 32.1. The average molecular weight is 425 g/mol. The second-order valence-corrected chi connectivity index (χ2v) is 8.41. The van der Waals surface area contributed by atoms with Crippen LogP contribution < -0.4 is 4.90 Å². The van der Waals surface area contributed by atoms with Crippen LogP contribution in [0.5, 0.6) is 0 Å². The zero-order chi connectivity index (χ0) is 21.8. The number of carbonyl (C=O) groups is 1. The van der Waals surface area contributed by atoms with Crippen LogP contribution in [0.25, 0.3) is 16.3 Å². The SMILES string of the molecule is Cc1cc(C)c2nc(N(CCN(C)C)C(=O)C=Cc3cccc([N+](=O)[O-])c3)sc2c1. The molecule has 0 saturated carbocycles. The van der Waals surface area contributed by atoms with E-state index in [0.29, 0.717) is 23.8 Å². The number of carbonyl (C=O) groups excluding carboxylic acids is 1. The first-order valence-corrected chi connectivity index (χ1v) is 10.3. The normalized spacial score (nSPS) is 11.5. The van der Waals surface area contributed by atoms with Crippen LogP contribution in [0.15, 0.2) is 42.5 Å². The monoisotopic (exact) mass is 424 g/mol. The van der Waals surface area contributed by atoms with Gasteiger partial charge in [0, 0.05) is 31.3 Å². The second kappa shape index (κ2) is 9.15. The minimum Gasteiger partial charge on any atom is -0.308 e. The van der Waals surface area contributed by atoms with Crippen molar-refractivity contribution in [3.8, 4) is 0 Å². The lowest BCUT2D eigenvalue weighted by atomic mass is 10.1. The predicted molar refractivity (Wildman–Crippen MR) is 122 cm³/mol. The molecule has 156 valence electrons. The molecule has 3 rings (SSSR count). The molecule has 0 aliphatic heterocycles. The number of hydrogen-bond acceptors (Lipinski definition) is 6. The summed E-state index contributed by atoms with van der Waals surface area (Å²) in [4.78, 5) is 31.9. The summed E-state index contributed by atoms with van der Waals surface area (Å²) in [7, 11) is 3.90. The molecule has 2 aromatic carbocycles. The van der Waals surface area contributed by atoms with Crippen molar-refractivity contribution >= 4 is 44.4 Å². The van der Waals surface area contributed by atoms with Gasteiger partial charge in [0.2, 0.25) is 0 Å². The number of fused-ring (bicyclic) bond motifs is 1. The van der Waals surface area contributed by atoms with Gasteiger partial charge in [0.05, 0.1) is 15.1 Å². The number of amides is 1. The molecular formula is C22H24N4O3S. The number of rotatable bonds is 7. The van der Waals surface area contributed by atoms with Crippen LogP contribution in [-0.2, 0) is 4.79 Å². The van der Waals surface area contributed by atoms with E-state index < -0.39 is 4.92 Å². The van der Waals surface area contributed by atoms with E-state index >= 15 is 0 Å². The molecule has 30 heavy (non-hydrogen) atoms. The Balaban J connectivity index is 1.91. The van der Waals surface area contributed by atoms with Gasteiger partial charge in [-0.3, -0.25) is 19.8 Å². The summed E-state index contributed by atoms with van der Waals surface area (Å²) in [6, 6.07) is 10.4. The summed E-state index contributed by atoms with van der Waals surface area (Å²) in [6.45, 7) is 5.24. The quantitative estimate of drug-likeness (QED) is 0.318. The van der Waals surface area contributed by atoms with Crippen LogP contribution in [0, 0.1) is 24.0 Å². The zero-order valence-electron chi connectivity index (χ0n) is 17.5. The number of nitrogens with zero attached hydrogens (tertiary/aromatic N) is 4. The highest BCUT2D eigenvalue weighted by Crippen LogP contribution is 2.32. The van der Waals surface area contributed by atoms with Crippen LogP contribution in [0.1, 0.15) is 16.7 Å². The third kappa shape index (κ3) is 5.08. The Morgan fingerprint density at radius 2 is 1.97 bits per heavy atom. The van der Waals surface area contributed by atoms with Gasteiger partial charge in [-0.15, -0.1) is 0 Å². The van der Waals surface area contributed by atoms with Gasteiger partial charge in [-0.25, -0.2) is 4.98 Å². The van der Waals surface area contributed by atoms with Gasteiger partial charge >= 0.3 is 0 Å². The van der Waals surface area contributed by atoms with Gasteiger partial charge in [0.1, 0.15) is 0 Å². The largest absolute Gasteiger partial charge is 0.308 e. The van der Waals surface area contributed by atoms with Crippen LogP contribution >= 0.6 is 11.3 Å². The van der Waals surface area contributed by atoms with Crippen molar-refractivity contribution in [1.82, 2.24) is 9.88 Å². The molecule has 0 aliphatic carbocycles. The summed E-state index contributed by atoms with van der Waals surface area (Å²) in [6.07, 6.45) is 3.04. The van der Waals surface area contributed by atoms with Crippen LogP contribution in [-0.4, -0.2) is 47.9 Å². The summed E-state index contributed by atoms with van der Waals surface area (Å²) in [5.41, 5.74) is 3.74. The predicted octanol–water partition coefficient (Wildman–Crippen LogP) is 4.43. The molecular weight excluding hydrogens is 400 g/mol. The first kappa shape index (κ1) is 21.6. The standard InChI is InChI=1S/C22H24N4O3S/c1-15-12-16(2)21-19(13-15)30-22(23-21)25(11-10-24(3)4)20(27)9-8-17-6-5-7-18(14-17)26(28)29/h5-9,12-14H,10-11H2,1-4H3. The molecule has 0 fully saturated rings. The molecule has 8 heteroatoms. The molecule has 0 bridgehead atoms. The molecule has 0 aliphatic rings. The van der Waals surface area contributed by atoms with E-state index in [9.17, 15) is 14.9 Å². The molecule has 0 unspecified atom stereocenters. The zero-order valence-corrected chi connectivity index (χ0v) is 18.3. The van der Waals surface area contributed by atoms with Crippen molar-refractivity contribution in [1.29, 1.82) is 0 Å². The molecule has 0 saturated heterocycles. The smallest absolute Gasteiger partial charge is 0.270 e. The topological polar surface area (TPSA) is 79.6 Å². The van der Waals surface area contributed by atoms with Crippen LogP contribution in [0.2, 0.25) is 0 Å². The number of hydrogen-bond donors (Lipinski definition) is 0. The fourth-order valence-corrected chi connectivity index (χ4v) is 4.25. The Morgan fingerprint density at radius 1 is 1.20 bits per heavy atom. The number of anilines is 1. The number of non-ortho nitro benzene ring substituents is 1. The van der Waals surface area contributed by atoms with E-state index in [2.05, 4.69) is 12.1 Å². The van der Waals surface area contributed by atoms with Crippen molar-refractivity contribution in [2.45, 2.75) is 13.8 Å². The minimum absolute atomic E-state index is 0.00826. The molecule has 3 aromatic rings. The lowest BCUT2D eigenvalue weighted by Gasteiger charge is -2.20. The molecule has 1 aromatic heterocycles. The number of thiazole rings is 1. The van der Waals surface area contributed by atoms with Crippen molar-refractivity contribution < 1.29 is 9.72 Å². The molecule has 7 nitrogen and oxygen atoms in total. The van der Waals surface area contributed by atoms with Gasteiger partial charge in [0.25, 0.3) is 11.6 Å². The maximum absolute atomic E-state index is 13.0. The number of likely N-dealkylation sites (N-methyl/N-ethyl adjacent to an activating group) is 1. The van der Waals surface area contributed by atoms with Gasteiger partial charge in [-0.1, -0.05) is 29.5 Å². The van der Waals surface area contributed by atoms with Gasteiger partial charge in [-0.2, -0.15) is 0 Å². The van der Waals surface area contributed by atoms with Gasteiger partial charge in [-0.05, 0) is 56.8 Å². The average Bonchev–Trinajstić information content (AvgIpc) is 3.10. The highest BCUT2D eigenvalue weighted by molar-refractivity contribution is 7.22. The Kier molecular flexibility index (Phi) is 6.59. The number of aromatic nitrogens is 1. The van der Waals surface area contributed by atoms with E-state index in [-0.39, 0.29) is 11.6 Å². The molecule has 1 heterocycles. The lowest BCUT2D eigenvalue weighted by molar-refractivity contribution is -0.384. The van der Waals surface area contributed by atoms with Crippen molar-refractivity contribution in [3.63, 3.8) is 0 Å². The Morgan fingerprint density at radius 3 is 2.67 bits per heavy atom. The molecule has 0 atom stereocenters. The third-order valence-corrected chi connectivity index (χ3v) is 5.61. The first-order valence-electron chi connectivity index (χ1n) is 9.51. The van der Waals surface area contributed by atoms with Crippen molar-refractivity contribution in [2.75, 3.05) is 32.1 Å². The van der Waals surface area contributed by atoms with E-state index in [1.807, 2.05) is 32.8 Å². The molecule has 0 radical (unpaired) electrons. The number of nitro groups is 1. The van der Waals surface area contributed by atoms with Crippen LogP contribution in [0.4, 0.5) is 10.8 Å². The summed E-state index contributed by atoms with van der Waals surface area (Å²) in [5, 5.41) is 11.6. The van der Waals surface area contributed by atoms with Crippen LogP contribution in [0.3, 0.4) is 0 Å². The number of nitro benzene ring substituents is 1. The fourth-order valence-electron chi connectivity index (χ4n) is 3.07. The first-order chi connectivity index (χ1) is 14.2. The number of aryl methyl sites for hydroxylation is 2. The third-order valence-electron chi connectivity index (χ3n) is 4.59. The molecule has 1 amide bonds. The molecule has 0 spiro atoms. The highest BCUT2D eigenvalue weighted by Gasteiger charge is 2.19. The van der Waals surface area contributed by atoms with E-state index in [0.717, 1.165) is 21.3 Å². The fraction of sp³-hybridized carbons (Fsp3) is 0.273. The summed E-state index contributed by atoms with van der Waals surface area (Å²) >= 11 is 1.49. The van der Waals surface area contributed by atoms with E-state index in [1.165, 1.54) is 29.5 Å². The van der Waals surface area contributed by atoms with Crippen molar-refractivity contribution in [2.24, 2.45) is 0 Å². The Hall–Kier alpha value is -3.10. The second-order valence-electron chi connectivity index (χ2n) is 7.40. The van der Waals surface area contributed by atoms with Gasteiger partial charge < -0.3 is 4.90 Å². The van der Waals surface area contributed by atoms with E-state index in [1.54, 1.807) is 23.1 Å². The minimum atomic E-state index is -0.450. The van der Waals surface area contributed by atoms with Crippen molar-refractivity contribution in [3.05, 3.63) is 69.3 Å². The maximum atomic E-state index is 13.0. The Labute approximate surface area is 179 Å². The van der Waals surface area contributed by atoms with Gasteiger partial charge in [0.15, 0.2) is 5.13 Å². The lowest BCUT2D eigenvalue weighted by Crippen LogP contribution is -2.35. The Bertz CT molecular complexity index is 1120.